The molecule has 0 bridgehead atoms. The second-order valence-corrected chi connectivity index (χ2v) is 5.11. The normalized spacial score (nSPS) is 18.2. The molecule has 94 valence electrons. The summed E-state index contributed by atoms with van der Waals surface area (Å²) in [4.78, 5) is 2.50. The predicted molar refractivity (Wildman–Crippen MR) is 70.4 cm³/mol. The van der Waals surface area contributed by atoms with E-state index in [1.54, 1.807) is 12.3 Å². The highest BCUT2D eigenvalue weighted by molar-refractivity contribution is 6.29. The molecule has 1 aliphatic heterocycles. The van der Waals surface area contributed by atoms with Crippen molar-refractivity contribution >= 4 is 17.3 Å². The highest BCUT2D eigenvalue weighted by Gasteiger charge is 2.14. The maximum Gasteiger partial charge on any atom is 0.153 e. The Morgan fingerprint density at radius 2 is 2.24 bits per heavy atom. The van der Waals surface area contributed by atoms with E-state index in [0.29, 0.717) is 5.15 Å². The van der Waals surface area contributed by atoms with Crippen molar-refractivity contribution in [1.82, 2.24) is 15.1 Å². The van der Waals surface area contributed by atoms with Gasteiger partial charge in [-0.05, 0) is 31.8 Å². The molecule has 1 aromatic rings. The molecule has 0 atom stereocenters. The number of rotatable bonds is 4. The zero-order valence-corrected chi connectivity index (χ0v) is 11.0. The topological polar surface area (TPSA) is 41.0 Å². The fourth-order valence-corrected chi connectivity index (χ4v) is 2.24. The average molecular weight is 255 g/mol. The van der Waals surface area contributed by atoms with Crippen LogP contribution in [-0.4, -0.2) is 41.3 Å². The molecular weight excluding hydrogens is 236 g/mol. The minimum absolute atomic E-state index is 0.432. The summed E-state index contributed by atoms with van der Waals surface area (Å²) < 4.78 is 0. The molecule has 0 aromatic carbocycles. The Balaban J connectivity index is 1.69. The molecule has 2 heterocycles. The van der Waals surface area contributed by atoms with E-state index in [-0.39, 0.29) is 0 Å². The van der Waals surface area contributed by atoms with Crippen LogP contribution < -0.4 is 5.32 Å². The van der Waals surface area contributed by atoms with Gasteiger partial charge >= 0.3 is 0 Å². The van der Waals surface area contributed by atoms with Crippen molar-refractivity contribution in [3.05, 3.63) is 17.4 Å². The summed E-state index contributed by atoms with van der Waals surface area (Å²) in [5.41, 5.74) is 0.940. The van der Waals surface area contributed by atoms with E-state index in [1.807, 2.05) is 0 Å². The zero-order valence-electron chi connectivity index (χ0n) is 10.2. The van der Waals surface area contributed by atoms with Gasteiger partial charge in [0.15, 0.2) is 5.15 Å². The number of hydrogen-bond donors (Lipinski definition) is 1. The lowest BCUT2D eigenvalue weighted by molar-refractivity contribution is 0.199. The lowest BCUT2D eigenvalue weighted by atomic mass is 9.99. The minimum Gasteiger partial charge on any atom is -0.382 e. The summed E-state index contributed by atoms with van der Waals surface area (Å²) in [5.74, 6) is 0.891. The average Bonchev–Trinajstić information content (AvgIpc) is 2.32. The monoisotopic (exact) mass is 254 g/mol. The van der Waals surface area contributed by atoms with Crippen molar-refractivity contribution in [3.63, 3.8) is 0 Å². The molecule has 5 heteroatoms. The van der Waals surface area contributed by atoms with Crippen LogP contribution in [0, 0.1) is 5.92 Å². The van der Waals surface area contributed by atoms with E-state index in [4.69, 9.17) is 11.6 Å². The van der Waals surface area contributed by atoms with Gasteiger partial charge in [0.25, 0.3) is 0 Å². The van der Waals surface area contributed by atoms with Gasteiger partial charge in [-0.1, -0.05) is 18.5 Å². The molecule has 0 radical (unpaired) electrons. The first-order valence-corrected chi connectivity index (χ1v) is 6.56. The van der Waals surface area contributed by atoms with Gasteiger partial charge in [-0.3, -0.25) is 0 Å². The Morgan fingerprint density at radius 3 is 2.94 bits per heavy atom. The van der Waals surface area contributed by atoms with Crippen molar-refractivity contribution in [1.29, 1.82) is 0 Å². The summed E-state index contributed by atoms with van der Waals surface area (Å²) in [7, 11) is 0. The minimum atomic E-state index is 0.432. The molecule has 0 spiro atoms. The van der Waals surface area contributed by atoms with Crippen LogP contribution in [0.5, 0.6) is 0 Å². The number of nitrogens with one attached hydrogen (secondary N) is 1. The molecule has 0 saturated carbocycles. The summed E-state index contributed by atoms with van der Waals surface area (Å²) in [5, 5.41) is 11.3. The van der Waals surface area contributed by atoms with E-state index >= 15 is 0 Å². The Labute approximate surface area is 107 Å². The van der Waals surface area contributed by atoms with Crippen LogP contribution >= 0.6 is 11.6 Å². The Hall–Kier alpha value is -0.870. The molecule has 0 amide bonds. The molecule has 4 nitrogen and oxygen atoms in total. The Bertz CT molecular complexity index is 350. The summed E-state index contributed by atoms with van der Waals surface area (Å²) in [6, 6.07) is 1.80. The second-order valence-electron chi connectivity index (χ2n) is 4.72. The molecule has 17 heavy (non-hydrogen) atoms. The molecule has 1 fully saturated rings. The summed E-state index contributed by atoms with van der Waals surface area (Å²) >= 11 is 5.76. The highest BCUT2D eigenvalue weighted by Crippen LogP contribution is 2.15. The molecule has 1 saturated heterocycles. The van der Waals surface area contributed by atoms with Gasteiger partial charge in [0.05, 0.1) is 11.9 Å². The number of likely N-dealkylation sites (tertiary alicyclic amines) is 1. The number of halogens is 1. The largest absolute Gasteiger partial charge is 0.382 e. The zero-order chi connectivity index (χ0) is 12.1. The molecule has 0 aliphatic carbocycles. The van der Waals surface area contributed by atoms with Crippen LogP contribution in [0.2, 0.25) is 5.15 Å². The van der Waals surface area contributed by atoms with Gasteiger partial charge in [-0.25, -0.2) is 0 Å². The fraction of sp³-hybridized carbons (Fsp3) is 0.667. The number of anilines is 1. The fourth-order valence-electron chi connectivity index (χ4n) is 2.08. The van der Waals surface area contributed by atoms with E-state index < -0.39 is 0 Å². The summed E-state index contributed by atoms with van der Waals surface area (Å²) in [6.07, 6.45) is 4.34. The number of nitrogens with zero attached hydrogens (tertiary/aromatic N) is 3. The number of piperidine rings is 1. The van der Waals surface area contributed by atoms with E-state index in [1.165, 1.54) is 25.9 Å². The number of hydrogen-bond acceptors (Lipinski definition) is 4. The maximum absolute atomic E-state index is 5.76. The Kier molecular flexibility index (Phi) is 4.57. The highest BCUT2D eigenvalue weighted by atomic mass is 35.5. The third-order valence-electron chi connectivity index (χ3n) is 3.26. The van der Waals surface area contributed by atoms with Crippen molar-refractivity contribution < 1.29 is 0 Å². The van der Waals surface area contributed by atoms with Crippen LogP contribution in [0.25, 0.3) is 0 Å². The van der Waals surface area contributed by atoms with Crippen LogP contribution in [0.1, 0.15) is 19.8 Å². The smallest absolute Gasteiger partial charge is 0.153 e. The van der Waals surface area contributed by atoms with Crippen LogP contribution in [-0.2, 0) is 0 Å². The first-order chi connectivity index (χ1) is 8.24. The molecule has 1 aliphatic rings. The van der Waals surface area contributed by atoms with Gasteiger partial charge in [0.1, 0.15) is 0 Å². The molecule has 0 unspecified atom stereocenters. The Morgan fingerprint density at radius 1 is 1.47 bits per heavy atom. The third kappa shape index (κ3) is 4.13. The molecule has 1 aromatic heterocycles. The predicted octanol–water partition coefficient (Wildman–Crippen LogP) is 2.27. The molecule has 1 N–H and O–H groups in total. The lowest BCUT2D eigenvalue weighted by Gasteiger charge is -2.30. The van der Waals surface area contributed by atoms with E-state index in [2.05, 4.69) is 27.3 Å². The molecule has 2 rings (SSSR count). The summed E-state index contributed by atoms with van der Waals surface area (Å²) in [6.45, 7) is 6.78. The van der Waals surface area contributed by atoms with Crippen LogP contribution in [0.4, 0.5) is 5.69 Å². The van der Waals surface area contributed by atoms with Gasteiger partial charge in [-0.2, -0.15) is 5.10 Å². The SMILES string of the molecule is CC1CCN(CCNc2cnnc(Cl)c2)CC1. The number of aromatic nitrogens is 2. The van der Waals surface area contributed by atoms with Crippen LogP contribution in [0.3, 0.4) is 0 Å². The van der Waals surface area contributed by atoms with Crippen molar-refractivity contribution in [3.8, 4) is 0 Å². The van der Waals surface area contributed by atoms with Crippen molar-refractivity contribution in [2.24, 2.45) is 5.92 Å². The van der Waals surface area contributed by atoms with Gasteiger partial charge in [0.2, 0.25) is 0 Å². The lowest BCUT2D eigenvalue weighted by Crippen LogP contribution is -2.36. The van der Waals surface area contributed by atoms with Crippen molar-refractivity contribution in [2.75, 3.05) is 31.5 Å². The maximum atomic E-state index is 5.76. The first kappa shape index (κ1) is 12.6. The second kappa shape index (κ2) is 6.17. The first-order valence-electron chi connectivity index (χ1n) is 6.18. The van der Waals surface area contributed by atoms with Gasteiger partial charge in [0, 0.05) is 19.2 Å². The van der Waals surface area contributed by atoms with Crippen molar-refractivity contribution in [2.45, 2.75) is 19.8 Å². The van der Waals surface area contributed by atoms with E-state index in [9.17, 15) is 0 Å². The van der Waals surface area contributed by atoms with Gasteiger partial charge in [-0.15, -0.1) is 5.10 Å². The standard InChI is InChI=1S/C12H19ClN4/c1-10-2-5-17(6-3-10)7-4-14-11-8-12(13)16-15-9-11/h8-10H,2-7H2,1H3,(H,14,16). The van der Waals surface area contributed by atoms with Gasteiger partial charge < -0.3 is 10.2 Å². The molecular formula is C12H19ClN4. The quantitative estimate of drug-likeness (QED) is 0.895. The van der Waals surface area contributed by atoms with E-state index in [0.717, 1.165) is 24.7 Å². The third-order valence-corrected chi connectivity index (χ3v) is 3.44. The van der Waals surface area contributed by atoms with Crippen LogP contribution in [0.15, 0.2) is 12.3 Å².